The van der Waals surface area contributed by atoms with Crippen LogP contribution in [0.4, 0.5) is 0 Å². The molecule has 7 heteroatoms. The second-order valence-corrected chi connectivity index (χ2v) is 4.08. The van der Waals surface area contributed by atoms with Gasteiger partial charge in [-0.05, 0) is 19.0 Å². The number of hydrogen-bond acceptors (Lipinski definition) is 5. The fourth-order valence-corrected chi connectivity index (χ4v) is 1.53. The van der Waals surface area contributed by atoms with Gasteiger partial charge in [0.1, 0.15) is 5.69 Å². The monoisotopic (exact) mass is 260 g/mol. The Morgan fingerprint density at radius 2 is 2.16 bits per heavy atom. The molecule has 100 valence electrons. The molecular weight excluding hydrogens is 244 g/mol. The first-order valence-electron chi connectivity index (χ1n) is 6.08. The Morgan fingerprint density at radius 1 is 1.42 bits per heavy atom. The zero-order valence-electron chi connectivity index (χ0n) is 10.7. The van der Waals surface area contributed by atoms with Crippen LogP contribution in [0.2, 0.25) is 0 Å². The molecule has 1 amide bonds. The lowest BCUT2D eigenvalue weighted by molar-refractivity contribution is 0.0995. The van der Waals surface area contributed by atoms with E-state index in [9.17, 15) is 4.79 Å². The molecule has 0 saturated heterocycles. The number of rotatable bonds is 6. The summed E-state index contributed by atoms with van der Waals surface area (Å²) in [6.07, 6.45) is 6.15. The summed E-state index contributed by atoms with van der Waals surface area (Å²) in [4.78, 5) is 19.3. The predicted molar refractivity (Wildman–Crippen MR) is 69.7 cm³/mol. The Hall–Kier alpha value is -2.28. The van der Waals surface area contributed by atoms with E-state index >= 15 is 0 Å². The first kappa shape index (κ1) is 13.2. The van der Waals surface area contributed by atoms with Crippen molar-refractivity contribution in [1.82, 2.24) is 25.1 Å². The zero-order chi connectivity index (χ0) is 13.7. The van der Waals surface area contributed by atoms with Crippen LogP contribution in [0.15, 0.2) is 24.7 Å². The number of nitrogens with two attached hydrogens (primary N) is 1. The maximum Gasteiger partial charge on any atom is 0.269 e. The Kier molecular flexibility index (Phi) is 4.19. The van der Waals surface area contributed by atoms with Gasteiger partial charge in [0.25, 0.3) is 5.91 Å². The van der Waals surface area contributed by atoms with Gasteiger partial charge in [-0.3, -0.25) is 4.79 Å². The van der Waals surface area contributed by atoms with E-state index < -0.39 is 5.91 Å². The molecule has 0 aliphatic carbocycles. The minimum Gasteiger partial charge on any atom is -0.364 e. The third-order valence-electron chi connectivity index (χ3n) is 2.49. The van der Waals surface area contributed by atoms with E-state index in [1.807, 2.05) is 0 Å². The van der Waals surface area contributed by atoms with E-state index in [-0.39, 0.29) is 5.69 Å². The van der Waals surface area contributed by atoms with E-state index in [0.29, 0.717) is 5.95 Å². The molecule has 0 atom stereocenters. The molecule has 0 bridgehead atoms. The highest BCUT2D eigenvalue weighted by Gasteiger charge is 2.07. The average molecular weight is 260 g/mol. The van der Waals surface area contributed by atoms with Gasteiger partial charge in [0, 0.05) is 30.7 Å². The van der Waals surface area contributed by atoms with Crippen molar-refractivity contribution < 1.29 is 4.79 Å². The highest BCUT2D eigenvalue weighted by molar-refractivity contribution is 5.90. The van der Waals surface area contributed by atoms with Crippen molar-refractivity contribution in [3.05, 3.63) is 35.9 Å². The van der Waals surface area contributed by atoms with Crippen LogP contribution in [0, 0.1) is 0 Å². The fourth-order valence-electron chi connectivity index (χ4n) is 1.53. The predicted octanol–water partition coefficient (Wildman–Crippen LogP) is 0.261. The fraction of sp³-hybridized carbons (Fsp3) is 0.333. The first-order chi connectivity index (χ1) is 9.20. The quantitative estimate of drug-likeness (QED) is 0.726. The summed E-state index contributed by atoms with van der Waals surface area (Å²) in [7, 11) is 0. The van der Waals surface area contributed by atoms with E-state index in [1.165, 1.54) is 10.7 Å². The summed E-state index contributed by atoms with van der Waals surface area (Å²) in [5.74, 6) is -0.161. The molecule has 0 aromatic carbocycles. The van der Waals surface area contributed by atoms with Crippen molar-refractivity contribution in [2.75, 3.05) is 6.54 Å². The van der Waals surface area contributed by atoms with Crippen LogP contribution in [0.3, 0.4) is 0 Å². The van der Waals surface area contributed by atoms with Crippen molar-refractivity contribution in [1.29, 1.82) is 0 Å². The second-order valence-electron chi connectivity index (χ2n) is 4.08. The molecule has 0 saturated carbocycles. The van der Waals surface area contributed by atoms with Crippen LogP contribution >= 0.6 is 0 Å². The van der Waals surface area contributed by atoms with Gasteiger partial charge in [0.15, 0.2) is 0 Å². The van der Waals surface area contributed by atoms with E-state index in [2.05, 4.69) is 27.3 Å². The molecule has 0 aliphatic heterocycles. The summed E-state index contributed by atoms with van der Waals surface area (Å²) in [6, 6.07) is 1.53. The summed E-state index contributed by atoms with van der Waals surface area (Å²) < 4.78 is 1.42. The molecule has 0 unspecified atom stereocenters. The highest BCUT2D eigenvalue weighted by Crippen LogP contribution is 2.02. The summed E-state index contributed by atoms with van der Waals surface area (Å²) in [5, 5.41) is 7.25. The summed E-state index contributed by atoms with van der Waals surface area (Å²) >= 11 is 0. The van der Waals surface area contributed by atoms with Gasteiger partial charge in [0.05, 0.1) is 0 Å². The minimum atomic E-state index is -0.570. The lowest BCUT2D eigenvalue weighted by atomic mass is 10.3. The van der Waals surface area contributed by atoms with Gasteiger partial charge in [-0.1, -0.05) is 6.92 Å². The Labute approximate surface area is 110 Å². The van der Waals surface area contributed by atoms with Gasteiger partial charge < -0.3 is 11.1 Å². The number of aromatic nitrogens is 4. The smallest absolute Gasteiger partial charge is 0.269 e. The number of nitrogens with one attached hydrogen (secondary N) is 1. The largest absolute Gasteiger partial charge is 0.364 e. The molecule has 19 heavy (non-hydrogen) atoms. The topological polar surface area (TPSA) is 98.7 Å². The van der Waals surface area contributed by atoms with E-state index in [1.54, 1.807) is 18.6 Å². The van der Waals surface area contributed by atoms with Crippen LogP contribution in [-0.2, 0) is 6.54 Å². The number of carbonyl (C=O) groups is 1. The Morgan fingerprint density at radius 3 is 2.74 bits per heavy atom. The molecule has 0 radical (unpaired) electrons. The number of hydrogen-bond donors (Lipinski definition) is 2. The van der Waals surface area contributed by atoms with Crippen molar-refractivity contribution in [3.63, 3.8) is 0 Å². The van der Waals surface area contributed by atoms with Gasteiger partial charge in [-0.2, -0.15) is 5.10 Å². The molecule has 0 fully saturated rings. The highest BCUT2D eigenvalue weighted by atomic mass is 16.1. The molecular formula is C12H16N6O. The first-order valence-corrected chi connectivity index (χ1v) is 6.08. The molecule has 2 aromatic heterocycles. The lowest BCUT2D eigenvalue weighted by Crippen LogP contribution is -2.15. The van der Waals surface area contributed by atoms with Crippen LogP contribution in [0.1, 0.15) is 29.4 Å². The van der Waals surface area contributed by atoms with Gasteiger partial charge in [-0.25, -0.2) is 14.6 Å². The van der Waals surface area contributed by atoms with E-state index in [0.717, 1.165) is 25.1 Å². The molecule has 0 aliphatic rings. The van der Waals surface area contributed by atoms with Crippen molar-refractivity contribution in [3.8, 4) is 5.95 Å². The summed E-state index contributed by atoms with van der Waals surface area (Å²) in [5.41, 5.74) is 6.32. The standard InChI is InChI=1S/C12H16N6O/c1-2-4-14-6-9-7-15-12(16-8-9)18-5-3-10(17-18)11(13)19/h3,5,7-8,14H,2,4,6H2,1H3,(H2,13,19). The number of primary amides is 1. The van der Waals surface area contributed by atoms with Crippen LogP contribution in [-0.4, -0.2) is 32.2 Å². The maximum absolute atomic E-state index is 10.9. The zero-order valence-corrected chi connectivity index (χ0v) is 10.7. The molecule has 7 nitrogen and oxygen atoms in total. The number of amides is 1. The molecule has 2 aromatic rings. The van der Waals surface area contributed by atoms with Crippen LogP contribution in [0.25, 0.3) is 5.95 Å². The summed E-state index contributed by atoms with van der Waals surface area (Å²) in [6.45, 7) is 3.81. The van der Waals surface area contributed by atoms with Gasteiger partial charge >= 0.3 is 0 Å². The third-order valence-corrected chi connectivity index (χ3v) is 2.49. The van der Waals surface area contributed by atoms with Crippen molar-refractivity contribution >= 4 is 5.91 Å². The third kappa shape index (κ3) is 3.35. The number of carbonyl (C=O) groups excluding carboxylic acids is 1. The maximum atomic E-state index is 10.9. The van der Waals surface area contributed by atoms with E-state index in [4.69, 9.17) is 5.73 Å². The minimum absolute atomic E-state index is 0.192. The molecule has 2 rings (SSSR count). The molecule has 0 spiro atoms. The van der Waals surface area contributed by atoms with Crippen LogP contribution in [0.5, 0.6) is 0 Å². The van der Waals surface area contributed by atoms with Gasteiger partial charge in [0.2, 0.25) is 5.95 Å². The van der Waals surface area contributed by atoms with Crippen LogP contribution < -0.4 is 11.1 Å². The molecule has 2 heterocycles. The lowest BCUT2D eigenvalue weighted by Gasteiger charge is -2.03. The average Bonchev–Trinajstić information content (AvgIpc) is 2.90. The normalized spacial score (nSPS) is 10.6. The second kappa shape index (κ2) is 6.05. The number of nitrogens with zero attached hydrogens (tertiary/aromatic N) is 4. The Balaban J connectivity index is 2.06. The van der Waals surface area contributed by atoms with Crippen molar-refractivity contribution in [2.45, 2.75) is 19.9 Å². The van der Waals surface area contributed by atoms with Crippen molar-refractivity contribution in [2.24, 2.45) is 5.73 Å². The molecule has 3 N–H and O–H groups in total. The Bertz CT molecular complexity index is 548. The SMILES string of the molecule is CCCNCc1cnc(-n2ccc(C(N)=O)n2)nc1. The van der Waals surface area contributed by atoms with Gasteiger partial charge in [-0.15, -0.1) is 0 Å².